The maximum absolute atomic E-state index is 12.3. The number of carbonyl (C=O) groups is 1. The van der Waals surface area contributed by atoms with Crippen molar-refractivity contribution in [1.82, 2.24) is 0 Å². The fourth-order valence-corrected chi connectivity index (χ4v) is 4.74. The van der Waals surface area contributed by atoms with Gasteiger partial charge < -0.3 is 5.11 Å². The first-order valence-electron chi connectivity index (χ1n) is 6.90. The second-order valence-corrected chi connectivity index (χ2v) is 6.19. The van der Waals surface area contributed by atoms with Crippen LogP contribution in [-0.4, -0.2) is 16.5 Å². The predicted molar refractivity (Wildman–Crippen MR) is 61.9 cm³/mol. The quantitative estimate of drug-likeness (QED) is 0.684. The van der Waals surface area contributed by atoms with E-state index in [2.05, 4.69) is 6.92 Å². The van der Waals surface area contributed by atoms with E-state index in [1.807, 2.05) is 0 Å². The largest absolute Gasteiger partial charge is 0.389 e. The highest BCUT2D eigenvalue weighted by atomic mass is 16.3. The van der Waals surface area contributed by atoms with E-state index in [0.29, 0.717) is 17.6 Å². The number of hydrogen-bond donors (Lipinski definition) is 1. The molecule has 16 heavy (non-hydrogen) atoms. The summed E-state index contributed by atoms with van der Waals surface area (Å²) in [6.07, 6.45) is 7.50. The number of fused-ring (bicyclic) bond motifs is 4. The second-order valence-electron chi connectivity index (χ2n) is 6.19. The Balaban J connectivity index is 2.00. The second kappa shape index (κ2) is 3.56. The van der Waals surface area contributed by atoms with Crippen molar-refractivity contribution in [3.05, 3.63) is 0 Å². The summed E-state index contributed by atoms with van der Waals surface area (Å²) in [6.45, 7) is 2.20. The van der Waals surface area contributed by atoms with E-state index in [4.69, 9.17) is 0 Å². The molecular formula is C14H22O2. The zero-order valence-electron chi connectivity index (χ0n) is 10.1. The first-order chi connectivity index (χ1) is 7.64. The molecule has 0 unspecified atom stereocenters. The minimum atomic E-state index is -0.633. The summed E-state index contributed by atoms with van der Waals surface area (Å²) in [4.78, 5) is 12.3. The molecule has 90 valence electrons. The predicted octanol–water partition coefficient (Wildman–Crippen LogP) is 2.54. The monoisotopic (exact) mass is 222 g/mol. The first-order valence-corrected chi connectivity index (χ1v) is 6.90. The van der Waals surface area contributed by atoms with Crippen molar-refractivity contribution in [1.29, 1.82) is 0 Å². The summed E-state index contributed by atoms with van der Waals surface area (Å²) >= 11 is 0. The molecule has 2 bridgehead atoms. The molecule has 5 atom stereocenters. The zero-order valence-corrected chi connectivity index (χ0v) is 10.1. The number of Topliss-reactive ketones (excluding diaryl/α,β-unsaturated/α-hetero) is 1. The van der Waals surface area contributed by atoms with Crippen molar-refractivity contribution in [2.75, 3.05) is 0 Å². The summed E-state index contributed by atoms with van der Waals surface area (Å²) in [7, 11) is 0. The molecule has 0 amide bonds. The van der Waals surface area contributed by atoms with Crippen LogP contribution in [0.3, 0.4) is 0 Å². The Morgan fingerprint density at radius 1 is 1.19 bits per heavy atom. The van der Waals surface area contributed by atoms with Crippen LogP contribution < -0.4 is 0 Å². The Labute approximate surface area is 97.4 Å². The zero-order chi connectivity index (χ0) is 11.3. The average Bonchev–Trinajstić information content (AvgIpc) is 2.27. The Morgan fingerprint density at radius 3 is 2.81 bits per heavy atom. The molecule has 0 spiro atoms. The number of rotatable bonds is 0. The number of hydrogen-bond acceptors (Lipinski definition) is 2. The van der Waals surface area contributed by atoms with Crippen molar-refractivity contribution in [3.63, 3.8) is 0 Å². The van der Waals surface area contributed by atoms with Crippen LogP contribution in [0, 0.1) is 23.7 Å². The maximum Gasteiger partial charge on any atom is 0.142 e. The van der Waals surface area contributed by atoms with Gasteiger partial charge in [-0.05, 0) is 37.5 Å². The van der Waals surface area contributed by atoms with Crippen molar-refractivity contribution in [2.24, 2.45) is 23.7 Å². The van der Waals surface area contributed by atoms with Crippen molar-refractivity contribution in [2.45, 2.75) is 57.5 Å². The summed E-state index contributed by atoms with van der Waals surface area (Å²) in [6, 6.07) is 0. The molecule has 0 heterocycles. The van der Waals surface area contributed by atoms with Crippen LogP contribution in [0.4, 0.5) is 0 Å². The lowest BCUT2D eigenvalue weighted by molar-refractivity contribution is -0.179. The molecule has 3 rings (SSSR count). The van der Waals surface area contributed by atoms with Gasteiger partial charge in [0, 0.05) is 11.8 Å². The van der Waals surface area contributed by atoms with E-state index in [1.54, 1.807) is 0 Å². The van der Waals surface area contributed by atoms with Crippen LogP contribution in [0.15, 0.2) is 0 Å². The molecule has 2 heteroatoms. The fourth-order valence-electron chi connectivity index (χ4n) is 4.74. The molecule has 3 saturated carbocycles. The van der Waals surface area contributed by atoms with Gasteiger partial charge >= 0.3 is 0 Å². The molecule has 3 aliphatic rings. The molecular weight excluding hydrogens is 200 g/mol. The van der Waals surface area contributed by atoms with E-state index >= 15 is 0 Å². The van der Waals surface area contributed by atoms with Crippen LogP contribution in [0.25, 0.3) is 0 Å². The van der Waals surface area contributed by atoms with Gasteiger partial charge in [0.2, 0.25) is 0 Å². The highest BCUT2D eigenvalue weighted by Gasteiger charge is 2.58. The van der Waals surface area contributed by atoms with Gasteiger partial charge in [-0.3, -0.25) is 4.79 Å². The molecule has 0 aromatic heterocycles. The lowest BCUT2D eigenvalue weighted by atomic mass is 9.51. The van der Waals surface area contributed by atoms with Crippen molar-refractivity contribution in [3.8, 4) is 0 Å². The van der Waals surface area contributed by atoms with Crippen LogP contribution in [0.5, 0.6) is 0 Å². The summed E-state index contributed by atoms with van der Waals surface area (Å²) in [5, 5.41) is 10.9. The Kier molecular flexibility index (Phi) is 2.39. The van der Waals surface area contributed by atoms with Gasteiger partial charge in [0.25, 0.3) is 0 Å². The van der Waals surface area contributed by atoms with E-state index in [1.165, 1.54) is 6.42 Å². The van der Waals surface area contributed by atoms with E-state index < -0.39 is 5.60 Å². The molecule has 3 fully saturated rings. The van der Waals surface area contributed by atoms with Crippen LogP contribution in [0.1, 0.15) is 51.9 Å². The lowest BCUT2D eigenvalue weighted by Gasteiger charge is -2.55. The average molecular weight is 222 g/mol. The van der Waals surface area contributed by atoms with Gasteiger partial charge in [-0.2, -0.15) is 0 Å². The number of aliphatic hydroxyl groups is 1. The summed E-state index contributed by atoms with van der Waals surface area (Å²) < 4.78 is 0. The number of ketones is 1. The van der Waals surface area contributed by atoms with Crippen LogP contribution in [0.2, 0.25) is 0 Å². The standard InChI is InChI=1S/C14H22O2/c1-9-10-5-4-7-12(13(10)15)14(16)8-3-2-6-11(9)14/h9-12,16H,2-8H2,1H3/t9-,10+,11+,12+,14+/m0/s1. The van der Waals surface area contributed by atoms with E-state index in [-0.39, 0.29) is 11.8 Å². The van der Waals surface area contributed by atoms with Crippen LogP contribution in [-0.2, 0) is 4.79 Å². The Morgan fingerprint density at radius 2 is 2.00 bits per heavy atom. The Hall–Kier alpha value is -0.370. The fraction of sp³-hybridized carbons (Fsp3) is 0.929. The lowest BCUT2D eigenvalue weighted by Crippen LogP contribution is -2.61. The maximum atomic E-state index is 12.3. The van der Waals surface area contributed by atoms with Gasteiger partial charge in [0.05, 0.1) is 5.60 Å². The summed E-state index contributed by atoms with van der Waals surface area (Å²) in [5.41, 5.74) is -0.633. The molecule has 0 aliphatic heterocycles. The topological polar surface area (TPSA) is 37.3 Å². The molecule has 0 radical (unpaired) electrons. The highest BCUT2D eigenvalue weighted by molar-refractivity contribution is 5.86. The summed E-state index contributed by atoms with van der Waals surface area (Å²) in [5.74, 6) is 1.44. The molecule has 3 aliphatic carbocycles. The smallest absolute Gasteiger partial charge is 0.142 e. The first kappa shape index (κ1) is 10.8. The minimum Gasteiger partial charge on any atom is -0.389 e. The molecule has 1 N–H and O–H groups in total. The van der Waals surface area contributed by atoms with Crippen LogP contribution >= 0.6 is 0 Å². The van der Waals surface area contributed by atoms with Gasteiger partial charge in [0.1, 0.15) is 5.78 Å². The third-order valence-electron chi connectivity index (χ3n) is 5.57. The SMILES string of the molecule is C[C@@H]1[C@H]2CCCC[C@]2(O)[C@@H]2CCC[C@H]1C2=O. The molecule has 0 saturated heterocycles. The van der Waals surface area contributed by atoms with E-state index in [0.717, 1.165) is 38.5 Å². The van der Waals surface area contributed by atoms with Gasteiger partial charge in [-0.1, -0.05) is 26.2 Å². The van der Waals surface area contributed by atoms with Gasteiger partial charge in [0.15, 0.2) is 0 Å². The molecule has 0 aromatic rings. The third kappa shape index (κ3) is 1.25. The molecule has 0 aromatic carbocycles. The normalized spacial score (nSPS) is 52.2. The van der Waals surface area contributed by atoms with Gasteiger partial charge in [-0.15, -0.1) is 0 Å². The molecule has 2 nitrogen and oxygen atoms in total. The number of carbonyl (C=O) groups excluding carboxylic acids is 1. The Bertz CT molecular complexity index is 312. The highest BCUT2D eigenvalue weighted by Crippen LogP contribution is 2.54. The minimum absolute atomic E-state index is 0.0206. The van der Waals surface area contributed by atoms with E-state index in [9.17, 15) is 9.90 Å². The third-order valence-corrected chi connectivity index (χ3v) is 5.57. The van der Waals surface area contributed by atoms with Crippen molar-refractivity contribution < 1.29 is 9.90 Å². The van der Waals surface area contributed by atoms with Gasteiger partial charge in [-0.25, -0.2) is 0 Å². The van der Waals surface area contributed by atoms with Crippen molar-refractivity contribution >= 4 is 5.78 Å².